The molecule has 1 aliphatic rings. The first-order valence-electron chi connectivity index (χ1n) is 9.45. The van der Waals surface area contributed by atoms with E-state index < -0.39 is 0 Å². The van der Waals surface area contributed by atoms with E-state index in [1.807, 2.05) is 25.1 Å². The average molecular weight is 411 g/mol. The van der Waals surface area contributed by atoms with Crippen LogP contribution in [0.1, 0.15) is 5.56 Å². The lowest BCUT2D eigenvalue weighted by molar-refractivity contribution is -0.115. The SMILES string of the molecule is Cc1cccnc1NC(=O)CNC(=O)N1CCN(c2nsc3ccccc23)CC1. The highest BCUT2D eigenvalue weighted by molar-refractivity contribution is 7.13. The van der Waals surface area contributed by atoms with Gasteiger partial charge in [-0.25, -0.2) is 9.78 Å². The normalized spacial score (nSPS) is 14.1. The van der Waals surface area contributed by atoms with Gasteiger partial charge < -0.3 is 20.4 Å². The predicted molar refractivity (Wildman–Crippen MR) is 114 cm³/mol. The minimum absolute atomic E-state index is 0.0915. The Morgan fingerprint density at radius 2 is 1.90 bits per heavy atom. The number of rotatable bonds is 4. The molecule has 0 atom stereocenters. The van der Waals surface area contributed by atoms with E-state index >= 15 is 0 Å². The number of carbonyl (C=O) groups is 2. The summed E-state index contributed by atoms with van der Waals surface area (Å²) in [7, 11) is 0. The Labute approximate surface area is 172 Å². The maximum absolute atomic E-state index is 12.4. The van der Waals surface area contributed by atoms with Crippen molar-refractivity contribution in [2.24, 2.45) is 0 Å². The molecule has 9 heteroatoms. The van der Waals surface area contributed by atoms with Crippen LogP contribution in [0.4, 0.5) is 16.4 Å². The third-order valence-corrected chi connectivity index (χ3v) is 5.71. The van der Waals surface area contributed by atoms with Gasteiger partial charge in [-0.1, -0.05) is 18.2 Å². The van der Waals surface area contributed by atoms with Crippen LogP contribution in [-0.2, 0) is 4.79 Å². The van der Waals surface area contributed by atoms with Gasteiger partial charge in [-0.15, -0.1) is 0 Å². The molecule has 2 aromatic heterocycles. The van der Waals surface area contributed by atoms with Crippen LogP contribution in [0.15, 0.2) is 42.6 Å². The van der Waals surface area contributed by atoms with Crippen LogP contribution in [0.25, 0.3) is 10.1 Å². The summed E-state index contributed by atoms with van der Waals surface area (Å²) in [6, 6.07) is 11.6. The van der Waals surface area contributed by atoms with Crippen molar-refractivity contribution < 1.29 is 9.59 Å². The van der Waals surface area contributed by atoms with Crippen LogP contribution in [0.2, 0.25) is 0 Å². The van der Waals surface area contributed by atoms with E-state index in [0.29, 0.717) is 32.0 Å². The summed E-state index contributed by atoms with van der Waals surface area (Å²) in [5.41, 5.74) is 0.873. The number of aryl methyl sites for hydroxylation is 1. The van der Waals surface area contributed by atoms with Crippen molar-refractivity contribution in [3.8, 4) is 0 Å². The molecule has 0 bridgehead atoms. The second-order valence-corrected chi connectivity index (χ2v) is 7.66. The molecule has 1 saturated heterocycles. The molecule has 150 valence electrons. The van der Waals surface area contributed by atoms with Crippen molar-refractivity contribution in [2.75, 3.05) is 42.9 Å². The summed E-state index contributed by atoms with van der Waals surface area (Å²) in [6.07, 6.45) is 1.62. The molecule has 3 aromatic rings. The number of hydrogen-bond donors (Lipinski definition) is 2. The zero-order chi connectivity index (χ0) is 20.2. The molecule has 0 saturated carbocycles. The van der Waals surface area contributed by atoms with E-state index in [1.54, 1.807) is 17.2 Å². The third kappa shape index (κ3) is 4.29. The van der Waals surface area contributed by atoms with Gasteiger partial charge in [0.15, 0.2) is 0 Å². The van der Waals surface area contributed by atoms with E-state index in [1.165, 1.54) is 11.5 Å². The Morgan fingerprint density at radius 1 is 1.10 bits per heavy atom. The number of aromatic nitrogens is 2. The number of urea groups is 1. The number of nitrogens with zero attached hydrogens (tertiary/aromatic N) is 4. The van der Waals surface area contributed by atoms with E-state index in [2.05, 4.69) is 37.0 Å². The Hall–Kier alpha value is -3.20. The first-order valence-corrected chi connectivity index (χ1v) is 10.2. The average Bonchev–Trinajstić information content (AvgIpc) is 3.18. The summed E-state index contributed by atoms with van der Waals surface area (Å²) in [4.78, 5) is 32.6. The van der Waals surface area contributed by atoms with Gasteiger partial charge in [0.25, 0.3) is 0 Å². The highest BCUT2D eigenvalue weighted by Gasteiger charge is 2.24. The summed E-state index contributed by atoms with van der Waals surface area (Å²) >= 11 is 1.49. The van der Waals surface area contributed by atoms with Gasteiger partial charge in [0.05, 0.1) is 11.2 Å². The number of pyridine rings is 1. The molecule has 4 rings (SSSR count). The van der Waals surface area contributed by atoms with Gasteiger partial charge >= 0.3 is 6.03 Å². The van der Waals surface area contributed by atoms with E-state index in [-0.39, 0.29) is 18.5 Å². The monoisotopic (exact) mass is 410 g/mol. The van der Waals surface area contributed by atoms with Gasteiger partial charge in [-0.3, -0.25) is 4.79 Å². The molecule has 0 radical (unpaired) electrons. The molecule has 2 N–H and O–H groups in total. The van der Waals surface area contributed by atoms with Crippen LogP contribution >= 0.6 is 11.5 Å². The molecular formula is C20H22N6O2S. The van der Waals surface area contributed by atoms with Gasteiger partial charge in [-0.05, 0) is 42.2 Å². The zero-order valence-corrected chi connectivity index (χ0v) is 16.9. The molecule has 29 heavy (non-hydrogen) atoms. The Balaban J connectivity index is 1.27. The molecule has 3 amide bonds. The highest BCUT2D eigenvalue weighted by Crippen LogP contribution is 2.29. The summed E-state index contributed by atoms with van der Waals surface area (Å²) < 4.78 is 5.75. The number of fused-ring (bicyclic) bond motifs is 1. The van der Waals surface area contributed by atoms with Crippen molar-refractivity contribution in [1.82, 2.24) is 19.6 Å². The standard InChI is InChI=1S/C20H22N6O2S/c1-14-5-4-8-21-18(14)23-17(27)13-22-20(28)26-11-9-25(10-12-26)19-15-6-2-3-7-16(15)29-24-19/h2-8H,9-13H2,1H3,(H,22,28)(H,21,23,27). The van der Waals surface area contributed by atoms with Crippen LogP contribution in [0.3, 0.4) is 0 Å². The fourth-order valence-corrected chi connectivity index (χ4v) is 4.08. The van der Waals surface area contributed by atoms with Crippen LogP contribution in [0.5, 0.6) is 0 Å². The lowest BCUT2D eigenvalue weighted by atomic mass is 10.2. The van der Waals surface area contributed by atoms with Gasteiger partial charge in [0, 0.05) is 37.8 Å². The molecule has 1 fully saturated rings. The fourth-order valence-electron chi connectivity index (χ4n) is 3.28. The number of amides is 3. The van der Waals surface area contributed by atoms with Gasteiger partial charge in [0.2, 0.25) is 5.91 Å². The van der Waals surface area contributed by atoms with E-state index in [0.717, 1.165) is 21.5 Å². The zero-order valence-electron chi connectivity index (χ0n) is 16.1. The molecular weight excluding hydrogens is 388 g/mol. The van der Waals surface area contributed by atoms with E-state index in [9.17, 15) is 9.59 Å². The minimum atomic E-state index is -0.298. The number of nitrogens with one attached hydrogen (secondary N) is 2. The largest absolute Gasteiger partial charge is 0.352 e. The second-order valence-electron chi connectivity index (χ2n) is 6.85. The van der Waals surface area contributed by atoms with Crippen molar-refractivity contribution in [3.05, 3.63) is 48.2 Å². The number of piperazine rings is 1. The lowest BCUT2D eigenvalue weighted by Crippen LogP contribution is -2.52. The van der Waals surface area contributed by atoms with Crippen molar-refractivity contribution in [3.63, 3.8) is 0 Å². The van der Waals surface area contributed by atoms with Gasteiger partial charge in [-0.2, -0.15) is 4.37 Å². The molecule has 3 heterocycles. The van der Waals surface area contributed by atoms with Crippen LogP contribution in [-0.4, -0.2) is 58.9 Å². The van der Waals surface area contributed by atoms with Gasteiger partial charge in [0.1, 0.15) is 11.6 Å². The number of anilines is 2. The maximum Gasteiger partial charge on any atom is 0.317 e. The molecule has 0 unspecified atom stereocenters. The molecule has 0 spiro atoms. The quantitative estimate of drug-likeness (QED) is 0.690. The highest BCUT2D eigenvalue weighted by atomic mass is 32.1. The number of benzene rings is 1. The molecule has 1 aromatic carbocycles. The minimum Gasteiger partial charge on any atom is -0.352 e. The second kappa shape index (κ2) is 8.44. The molecule has 1 aliphatic heterocycles. The van der Waals surface area contributed by atoms with Crippen molar-refractivity contribution >= 4 is 45.2 Å². The lowest BCUT2D eigenvalue weighted by Gasteiger charge is -2.35. The first kappa shape index (κ1) is 19.1. The maximum atomic E-state index is 12.4. The Bertz CT molecular complexity index is 1030. The Morgan fingerprint density at radius 3 is 2.69 bits per heavy atom. The van der Waals surface area contributed by atoms with Crippen molar-refractivity contribution in [2.45, 2.75) is 6.92 Å². The number of carbonyl (C=O) groups excluding carboxylic acids is 2. The summed E-state index contributed by atoms with van der Waals surface area (Å²) in [6.45, 7) is 4.36. The topological polar surface area (TPSA) is 90.5 Å². The summed E-state index contributed by atoms with van der Waals surface area (Å²) in [5, 5.41) is 6.55. The predicted octanol–water partition coefficient (Wildman–Crippen LogP) is 2.47. The van der Waals surface area contributed by atoms with Crippen LogP contribution < -0.4 is 15.5 Å². The third-order valence-electron chi connectivity index (χ3n) is 4.89. The smallest absolute Gasteiger partial charge is 0.317 e. The van der Waals surface area contributed by atoms with E-state index in [4.69, 9.17) is 0 Å². The first-order chi connectivity index (χ1) is 14.1. The summed E-state index contributed by atoms with van der Waals surface area (Å²) in [5.74, 6) is 1.19. The Kier molecular flexibility index (Phi) is 5.57. The van der Waals surface area contributed by atoms with Crippen molar-refractivity contribution in [1.29, 1.82) is 0 Å². The van der Waals surface area contributed by atoms with Crippen LogP contribution in [0, 0.1) is 6.92 Å². The molecule has 8 nitrogen and oxygen atoms in total. The fraction of sp³-hybridized carbons (Fsp3) is 0.300. The number of hydrogen-bond acceptors (Lipinski definition) is 6. The molecule has 0 aliphatic carbocycles.